The lowest BCUT2D eigenvalue weighted by molar-refractivity contribution is -0.117. The predicted octanol–water partition coefficient (Wildman–Crippen LogP) is 2.06. The minimum absolute atomic E-state index is 0.0126. The zero-order valence-corrected chi connectivity index (χ0v) is 18.5. The fourth-order valence-corrected chi connectivity index (χ4v) is 4.77. The van der Waals surface area contributed by atoms with Gasteiger partial charge in [0.15, 0.2) is 11.5 Å². The lowest BCUT2D eigenvalue weighted by Crippen LogP contribution is -2.28. The molecule has 170 valence electrons. The maximum absolute atomic E-state index is 12.6. The lowest BCUT2D eigenvalue weighted by atomic mass is 10.1. The summed E-state index contributed by atoms with van der Waals surface area (Å²) in [5.74, 6) is 0.582. The van der Waals surface area contributed by atoms with Crippen LogP contribution in [-0.2, 0) is 26.0 Å². The molecule has 2 heterocycles. The highest BCUT2D eigenvalue weighted by Gasteiger charge is 2.23. The molecule has 32 heavy (non-hydrogen) atoms. The molecule has 0 fully saturated rings. The Kier molecular flexibility index (Phi) is 6.33. The normalized spacial score (nSPS) is 15.1. The van der Waals surface area contributed by atoms with Crippen LogP contribution < -0.4 is 24.4 Å². The minimum atomic E-state index is -3.80. The molecule has 2 aliphatic rings. The highest BCUT2D eigenvalue weighted by atomic mass is 32.2. The second-order valence-electron chi connectivity index (χ2n) is 7.62. The second-order valence-corrected chi connectivity index (χ2v) is 9.39. The number of nitrogens with one attached hydrogen (secondary N) is 2. The van der Waals surface area contributed by atoms with Gasteiger partial charge in [-0.2, -0.15) is 0 Å². The summed E-state index contributed by atoms with van der Waals surface area (Å²) in [6.07, 6.45) is 1.43. The number of ether oxygens (including phenoxy) is 2. The van der Waals surface area contributed by atoms with Crippen molar-refractivity contribution in [3.8, 4) is 11.5 Å². The number of rotatable bonds is 6. The third-order valence-electron chi connectivity index (χ3n) is 5.31. The van der Waals surface area contributed by atoms with E-state index in [-0.39, 0.29) is 29.7 Å². The summed E-state index contributed by atoms with van der Waals surface area (Å²) < 4.78 is 38.7. The van der Waals surface area contributed by atoms with Crippen molar-refractivity contribution < 1.29 is 27.5 Å². The maximum atomic E-state index is 12.6. The van der Waals surface area contributed by atoms with E-state index in [1.54, 1.807) is 17.0 Å². The Morgan fingerprint density at radius 3 is 2.62 bits per heavy atom. The zero-order chi connectivity index (χ0) is 22.7. The van der Waals surface area contributed by atoms with Crippen LogP contribution in [0.5, 0.6) is 11.5 Å². The van der Waals surface area contributed by atoms with Gasteiger partial charge in [0.05, 0.1) is 18.1 Å². The van der Waals surface area contributed by atoms with Crippen molar-refractivity contribution in [2.45, 2.75) is 31.1 Å². The number of nitrogens with zero attached hydrogens (tertiary/aromatic N) is 1. The molecule has 2 aromatic carbocycles. The summed E-state index contributed by atoms with van der Waals surface area (Å²) in [6, 6.07) is 9.84. The number of anilines is 2. The molecule has 10 heteroatoms. The molecule has 9 nitrogen and oxygen atoms in total. The van der Waals surface area contributed by atoms with Gasteiger partial charge in [0, 0.05) is 50.3 Å². The summed E-state index contributed by atoms with van der Waals surface area (Å²) in [5.41, 5.74) is 2.47. The van der Waals surface area contributed by atoms with Gasteiger partial charge in [0.1, 0.15) is 0 Å². The van der Waals surface area contributed by atoms with Crippen LogP contribution in [0.2, 0.25) is 0 Å². The smallest absolute Gasteiger partial charge is 0.240 e. The summed E-state index contributed by atoms with van der Waals surface area (Å²) in [7, 11) is -3.80. The van der Waals surface area contributed by atoms with E-state index in [1.165, 1.54) is 19.1 Å². The Balaban J connectivity index is 1.32. The first kappa shape index (κ1) is 22.1. The van der Waals surface area contributed by atoms with E-state index in [1.807, 2.05) is 12.1 Å². The van der Waals surface area contributed by atoms with Crippen molar-refractivity contribution in [2.24, 2.45) is 0 Å². The molecule has 0 saturated heterocycles. The van der Waals surface area contributed by atoms with E-state index in [2.05, 4.69) is 10.0 Å². The largest absolute Gasteiger partial charge is 0.490 e. The van der Waals surface area contributed by atoms with E-state index in [4.69, 9.17) is 9.47 Å². The van der Waals surface area contributed by atoms with Crippen LogP contribution in [0.3, 0.4) is 0 Å². The van der Waals surface area contributed by atoms with Gasteiger partial charge in [0.25, 0.3) is 0 Å². The lowest BCUT2D eigenvalue weighted by Gasteiger charge is -2.15. The van der Waals surface area contributed by atoms with Gasteiger partial charge in [-0.1, -0.05) is 0 Å². The minimum Gasteiger partial charge on any atom is -0.490 e. The molecule has 0 radical (unpaired) electrons. The predicted molar refractivity (Wildman–Crippen MR) is 119 cm³/mol. The first-order valence-electron chi connectivity index (χ1n) is 10.4. The maximum Gasteiger partial charge on any atom is 0.240 e. The molecule has 0 aromatic heterocycles. The molecular weight excluding hydrogens is 434 g/mol. The fraction of sp³-hybridized carbons (Fsp3) is 0.364. The first-order chi connectivity index (χ1) is 15.3. The SMILES string of the molecule is CC(=O)N1CCc2cc(NC(=O)CCNS(=O)(=O)c3ccc4c(c3)OCCCO4)ccc21. The van der Waals surface area contributed by atoms with Crippen molar-refractivity contribution in [2.75, 3.05) is 36.5 Å². The van der Waals surface area contributed by atoms with Gasteiger partial charge in [-0.15, -0.1) is 0 Å². The van der Waals surface area contributed by atoms with Crippen LogP contribution in [-0.4, -0.2) is 46.5 Å². The molecule has 0 spiro atoms. The Bertz CT molecular complexity index is 1150. The summed E-state index contributed by atoms with van der Waals surface area (Å²) >= 11 is 0. The number of fused-ring (bicyclic) bond motifs is 2. The highest BCUT2D eigenvalue weighted by Crippen LogP contribution is 2.32. The van der Waals surface area contributed by atoms with Gasteiger partial charge in [-0.05, 0) is 42.3 Å². The van der Waals surface area contributed by atoms with Gasteiger partial charge in [-0.25, -0.2) is 13.1 Å². The van der Waals surface area contributed by atoms with Crippen LogP contribution in [0.4, 0.5) is 11.4 Å². The average molecular weight is 460 g/mol. The van der Waals surface area contributed by atoms with E-state index in [0.717, 1.165) is 24.1 Å². The van der Waals surface area contributed by atoms with Crippen molar-refractivity contribution in [1.29, 1.82) is 0 Å². The molecule has 2 aromatic rings. The molecule has 0 aliphatic carbocycles. The Morgan fingerprint density at radius 1 is 1.06 bits per heavy atom. The first-order valence-corrected chi connectivity index (χ1v) is 11.9. The number of hydrogen-bond acceptors (Lipinski definition) is 6. The van der Waals surface area contributed by atoms with Crippen molar-refractivity contribution >= 4 is 33.2 Å². The zero-order valence-electron chi connectivity index (χ0n) is 17.7. The Hall–Kier alpha value is -3.11. The van der Waals surface area contributed by atoms with Gasteiger partial charge >= 0.3 is 0 Å². The second kappa shape index (κ2) is 9.17. The van der Waals surface area contributed by atoms with Gasteiger partial charge < -0.3 is 19.7 Å². The Labute approximate surface area is 186 Å². The van der Waals surface area contributed by atoms with E-state index in [9.17, 15) is 18.0 Å². The molecule has 0 saturated carbocycles. The van der Waals surface area contributed by atoms with E-state index < -0.39 is 10.0 Å². The van der Waals surface area contributed by atoms with Crippen LogP contribution in [0.1, 0.15) is 25.3 Å². The third-order valence-corrected chi connectivity index (χ3v) is 6.77. The molecule has 4 rings (SSSR count). The highest BCUT2D eigenvalue weighted by molar-refractivity contribution is 7.89. The standard InChI is InChI=1S/C22H25N3O6S/c1-15(26)25-10-8-16-13-17(3-5-19(16)25)24-22(27)7-9-23-32(28,29)18-4-6-20-21(14-18)31-12-2-11-30-20/h3-6,13-14,23H,2,7-12H2,1H3,(H,24,27). The van der Waals surface area contributed by atoms with Crippen molar-refractivity contribution in [3.05, 3.63) is 42.0 Å². The number of sulfonamides is 1. The van der Waals surface area contributed by atoms with Crippen LogP contribution in [0.25, 0.3) is 0 Å². The summed E-state index contributed by atoms with van der Waals surface area (Å²) in [4.78, 5) is 25.7. The number of amides is 2. The topological polar surface area (TPSA) is 114 Å². The molecule has 2 aliphatic heterocycles. The van der Waals surface area contributed by atoms with E-state index >= 15 is 0 Å². The van der Waals surface area contributed by atoms with Crippen LogP contribution in [0.15, 0.2) is 41.3 Å². The average Bonchev–Trinajstić information content (AvgIpc) is 3.03. The number of carbonyl (C=O) groups is 2. The molecule has 0 bridgehead atoms. The quantitative estimate of drug-likeness (QED) is 0.684. The van der Waals surface area contributed by atoms with Crippen LogP contribution >= 0.6 is 0 Å². The van der Waals surface area contributed by atoms with Crippen LogP contribution in [0, 0.1) is 0 Å². The number of hydrogen-bond donors (Lipinski definition) is 2. The molecular formula is C22H25N3O6S. The fourth-order valence-electron chi connectivity index (χ4n) is 3.72. The summed E-state index contributed by atoms with van der Waals surface area (Å²) in [6.45, 7) is 3.08. The van der Waals surface area contributed by atoms with E-state index in [0.29, 0.717) is 36.9 Å². The van der Waals surface area contributed by atoms with Crippen molar-refractivity contribution in [3.63, 3.8) is 0 Å². The number of carbonyl (C=O) groups excluding carboxylic acids is 2. The number of benzene rings is 2. The van der Waals surface area contributed by atoms with Gasteiger partial charge in [-0.3, -0.25) is 9.59 Å². The molecule has 2 N–H and O–H groups in total. The monoisotopic (exact) mass is 459 g/mol. The van der Waals surface area contributed by atoms with Gasteiger partial charge in [0.2, 0.25) is 21.8 Å². The molecule has 0 atom stereocenters. The van der Waals surface area contributed by atoms with Crippen molar-refractivity contribution in [1.82, 2.24) is 4.72 Å². The molecule has 0 unspecified atom stereocenters. The molecule has 2 amide bonds. The third kappa shape index (κ3) is 4.86. The summed E-state index contributed by atoms with van der Waals surface area (Å²) in [5, 5.41) is 2.78. The Morgan fingerprint density at radius 2 is 1.84 bits per heavy atom.